The summed E-state index contributed by atoms with van der Waals surface area (Å²) in [7, 11) is 0. The lowest BCUT2D eigenvalue weighted by molar-refractivity contribution is -0.118. The Bertz CT molecular complexity index is 200. The molecule has 0 aromatic rings. The fraction of sp³-hybridized carbons (Fsp3) is 0.286. The zero-order valence-corrected chi connectivity index (χ0v) is 6.23. The molecule has 1 aliphatic heterocycles. The van der Waals surface area contributed by atoms with Crippen molar-refractivity contribution in [2.75, 3.05) is 13.2 Å². The van der Waals surface area contributed by atoms with Gasteiger partial charge in [0.1, 0.15) is 0 Å². The molecule has 0 bridgehead atoms. The summed E-state index contributed by atoms with van der Waals surface area (Å²) in [6, 6.07) is 0. The van der Waals surface area contributed by atoms with Crippen molar-refractivity contribution in [2.45, 2.75) is 0 Å². The van der Waals surface area contributed by atoms with Crippen LogP contribution in [0, 0.1) is 0 Å². The maximum atomic E-state index is 10.5. The third kappa shape index (κ3) is 2.00. The lowest BCUT2D eigenvalue weighted by Gasteiger charge is -2.15. The maximum Gasteiger partial charge on any atom is 0.236 e. The van der Waals surface area contributed by atoms with Crippen LogP contribution in [0.4, 0.5) is 0 Å². The molecular weight excluding hydrogens is 142 g/mol. The SMILES string of the molecule is C=CN1C=CN(CC(N)=O)C1. The lowest BCUT2D eigenvalue weighted by Crippen LogP contribution is -2.31. The van der Waals surface area contributed by atoms with Crippen LogP contribution in [0.3, 0.4) is 0 Å². The highest BCUT2D eigenvalue weighted by atomic mass is 16.1. The molecule has 0 unspecified atom stereocenters. The number of nitrogens with two attached hydrogens (primary N) is 1. The summed E-state index contributed by atoms with van der Waals surface area (Å²) in [4.78, 5) is 14.1. The Morgan fingerprint density at radius 1 is 1.73 bits per heavy atom. The van der Waals surface area contributed by atoms with Crippen LogP contribution in [0.5, 0.6) is 0 Å². The molecule has 1 aliphatic rings. The zero-order valence-electron chi connectivity index (χ0n) is 6.23. The van der Waals surface area contributed by atoms with Gasteiger partial charge in [0.25, 0.3) is 0 Å². The van der Waals surface area contributed by atoms with Crippen LogP contribution < -0.4 is 5.73 Å². The summed E-state index contributed by atoms with van der Waals surface area (Å²) in [5, 5.41) is 0. The lowest BCUT2D eigenvalue weighted by atomic mass is 10.5. The van der Waals surface area contributed by atoms with E-state index in [1.807, 2.05) is 22.2 Å². The Balaban J connectivity index is 2.37. The van der Waals surface area contributed by atoms with Crippen molar-refractivity contribution in [1.82, 2.24) is 9.80 Å². The van der Waals surface area contributed by atoms with Crippen molar-refractivity contribution in [1.29, 1.82) is 0 Å². The molecule has 0 aromatic carbocycles. The molecular formula is C7H11N3O. The molecule has 1 rings (SSSR count). The minimum absolute atomic E-state index is 0.265. The van der Waals surface area contributed by atoms with Crippen molar-refractivity contribution < 1.29 is 4.79 Å². The van der Waals surface area contributed by atoms with E-state index in [0.29, 0.717) is 6.67 Å². The second-order valence-electron chi connectivity index (χ2n) is 2.35. The molecule has 0 atom stereocenters. The Hall–Kier alpha value is -1.45. The van der Waals surface area contributed by atoms with E-state index in [2.05, 4.69) is 6.58 Å². The molecule has 1 amide bonds. The van der Waals surface area contributed by atoms with Crippen LogP contribution in [0.1, 0.15) is 0 Å². The van der Waals surface area contributed by atoms with E-state index in [1.54, 1.807) is 6.20 Å². The summed E-state index contributed by atoms with van der Waals surface area (Å²) >= 11 is 0. The first-order chi connectivity index (χ1) is 5.22. The highest BCUT2D eigenvalue weighted by Crippen LogP contribution is 2.04. The van der Waals surface area contributed by atoms with Gasteiger partial charge in [-0.25, -0.2) is 0 Å². The molecule has 0 spiro atoms. The van der Waals surface area contributed by atoms with Crippen molar-refractivity contribution in [3.8, 4) is 0 Å². The fourth-order valence-electron chi connectivity index (χ4n) is 0.905. The van der Waals surface area contributed by atoms with Crippen LogP contribution in [-0.2, 0) is 4.79 Å². The summed E-state index contributed by atoms with van der Waals surface area (Å²) < 4.78 is 0. The van der Waals surface area contributed by atoms with Crippen molar-refractivity contribution in [3.05, 3.63) is 25.2 Å². The third-order valence-electron chi connectivity index (χ3n) is 1.41. The molecule has 0 saturated carbocycles. The number of carbonyl (C=O) groups is 1. The van der Waals surface area contributed by atoms with E-state index in [-0.39, 0.29) is 12.5 Å². The molecule has 0 fully saturated rings. The molecule has 0 aromatic heterocycles. The Kier molecular flexibility index (Phi) is 2.15. The molecule has 0 radical (unpaired) electrons. The van der Waals surface area contributed by atoms with E-state index < -0.39 is 0 Å². The van der Waals surface area contributed by atoms with Gasteiger partial charge in [-0.3, -0.25) is 4.79 Å². The Morgan fingerprint density at radius 3 is 2.91 bits per heavy atom. The standard InChI is InChI=1S/C7H11N3O/c1-2-9-3-4-10(6-9)5-7(8)11/h2-4H,1,5-6H2,(H2,8,11). The van der Waals surface area contributed by atoms with Crippen molar-refractivity contribution in [2.24, 2.45) is 5.73 Å². The fourth-order valence-corrected chi connectivity index (χ4v) is 0.905. The van der Waals surface area contributed by atoms with Gasteiger partial charge in [0, 0.05) is 12.4 Å². The first-order valence-corrected chi connectivity index (χ1v) is 3.31. The number of carbonyl (C=O) groups excluding carboxylic acids is 1. The summed E-state index contributed by atoms with van der Waals surface area (Å²) in [6.45, 7) is 4.51. The first-order valence-electron chi connectivity index (χ1n) is 3.31. The van der Waals surface area contributed by atoms with Crippen LogP contribution in [0.15, 0.2) is 25.2 Å². The number of rotatable bonds is 3. The van der Waals surface area contributed by atoms with Gasteiger partial charge in [-0.1, -0.05) is 6.58 Å². The van der Waals surface area contributed by atoms with Gasteiger partial charge in [0.15, 0.2) is 0 Å². The number of amides is 1. The molecule has 1 heterocycles. The minimum Gasteiger partial charge on any atom is -0.368 e. The predicted molar refractivity (Wildman–Crippen MR) is 41.9 cm³/mol. The van der Waals surface area contributed by atoms with Crippen molar-refractivity contribution >= 4 is 5.91 Å². The predicted octanol–water partition coefficient (Wildman–Crippen LogP) is -0.339. The summed E-state index contributed by atoms with van der Waals surface area (Å²) in [6.07, 6.45) is 5.35. The monoisotopic (exact) mass is 153 g/mol. The van der Waals surface area contributed by atoms with E-state index in [9.17, 15) is 4.79 Å². The van der Waals surface area contributed by atoms with Gasteiger partial charge >= 0.3 is 0 Å². The molecule has 0 aliphatic carbocycles. The highest BCUT2D eigenvalue weighted by Gasteiger charge is 2.10. The second kappa shape index (κ2) is 3.09. The largest absolute Gasteiger partial charge is 0.368 e. The van der Waals surface area contributed by atoms with Gasteiger partial charge in [-0.2, -0.15) is 0 Å². The minimum atomic E-state index is -0.319. The third-order valence-corrected chi connectivity index (χ3v) is 1.41. The molecule has 0 saturated heterocycles. The number of nitrogens with zero attached hydrogens (tertiary/aromatic N) is 2. The van der Waals surface area contributed by atoms with E-state index >= 15 is 0 Å². The second-order valence-corrected chi connectivity index (χ2v) is 2.35. The first kappa shape index (κ1) is 7.65. The quantitative estimate of drug-likeness (QED) is 0.603. The van der Waals surface area contributed by atoms with Gasteiger partial charge < -0.3 is 15.5 Å². The average molecular weight is 153 g/mol. The topological polar surface area (TPSA) is 49.6 Å². The smallest absolute Gasteiger partial charge is 0.236 e. The van der Waals surface area contributed by atoms with Crippen LogP contribution in [0.25, 0.3) is 0 Å². The van der Waals surface area contributed by atoms with Crippen molar-refractivity contribution in [3.63, 3.8) is 0 Å². The summed E-state index contributed by atoms with van der Waals surface area (Å²) in [5.74, 6) is -0.319. The number of hydrogen-bond acceptors (Lipinski definition) is 3. The highest BCUT2D eigenvalue weighted by molar-refractivity contribution is 5.76. The Morgan fingerprint density at radius 2 is 2.45 bits per heavy atom. The molecule has 60 valence electrons. The van der Waals surface area contributed by atoms with Crippen LogP contribution in [0.2, 0.25) is 0 Å². The van der Waals surface area contributed by atoms with Crippen LogP contribution >= 0.6 is 0 Å². The van der Waals surface area contributed by atoms with Gasteiger partial charge in [-0.15, -0.1) is 0 Å². The van der Waals surface area contributed by atoms with Crippen LogP contribution in [-0.4, -0.2) is 28.9 Å². The van der Waals surface area contributed by atoms with Gasteiger partial charge in [-0.05, 0) is 6.20 Å². The van der Waals surface area contributed by atoms with Gasteiger partial charge in [0.05, 0.1) is 13.2 Å². The molecule has 11 heavy (non-hydrogen) atoms. The molecule has 4 nitrogen and oxygen atoms in total. The van der Waals surface area contributed by atoms with E-state index in [1.165, 1.54) is 0 Å². The number of primary amides is 1. The molecule has 2 N–H and O–H groups in total. The van der Waals surface area contributed by atoms with E-state index in [0.717, 1.165) is 0 Å². The number of hydrogen-bond donors (Lipinski definition) is 1. The summed E-state index contributed by atoms with van der Waals surface area (Å²) in [5.41, 5.74) is 5.00. The maximum absolute atomic E-state index is 10.5. The van der Waals surface area contributed by atoms with Gasteiger partial charge in [0.2, 0.25) is 5.91 Å². The zero-order chi connectivity index (χ0) is 8.27. The van der Waals surface area contributed by atoms with E-state index in [4.69, 9.17) is 5.73 Å². The Labute approximate surface area is 65.6 Å². The molecule has 4 heteroatoms. The normalized spacial score (nSPS) is 15.6. The average Bonchev–Trinajstić information content (AvgIpc) is 2.34.